The first-order valence-corrected chi connectivity index (χ1v) is 8.29. The van der Waals surface area contributed by atoms with Gasteiger partial charge in [-0.2, -0.15) is 17.5 Å². The number of benzene rings is 1. The molecule has 0 atom stereocenters. The summed E-state index contributed by atoms with van der Waals surface area (Å²) in [5.74, 6) is 0. The molecular weight excluding hydrogens is 384 g/mol. The van der Waals surface area contributed by atoms with Crippen LogP contribution in [0.2, 0.25) is 13.1 Å². The average Bonchev–Trinajstić information content (AvgIpc) is 3.01. The van der Waals surface area contributed by atoms with E-state index in [1.165, 1.54) is 10.6 Å². The summed E-state index contributed by atoms with van der Waals surface area (Å²) in [4.78, 5) is 2.99. The largest absolute Gasteiger partial charge is 4.00 e. The molecule has 5 heteroatoms. The molecule has 3 rings (SSSR count). The number of aromatic nitrogens is 1. The van der Waals surface area contributed by atoms with Crippen LogP contribution in [0.5, 0.6) is 0 Å². The Morgan fingerprint density at radius 2 is 1.85 bits per heavy atom. The van der Waals surface area contributed by atoms with Crippen molar-refractivity contribution in [1.29, 1.82) is 0 Å². The molecular formula is C15H16Cl2NSiZr. The molecule has 103 valence electrons. The molecule has 1 nitrogen and oxygen atoms in total. The van der Waals surface area contributed by atoms with Crippen LogP contribution in [0.3, 0.4) is 0 Å². The van der Waals surface area contributed by atoms with Crippen molar-refractivity contribution < 1.29 is 51.0 Å². The predicted octanol–water partition coefficient (Wildman–Crippen LogP) is -2.06. The minimum atomic E-state index is -0.194. The van der Waals surface area contributed by atoms with Gasteiger partial charge in [-0.15, -0.1) is 30.3 Å². The van der Waals surface area contributed by atoms with Crippen molar-refractivity contribution in [2.45, 2.75) is 19.5 Å². The van der Waals surface area contributed by atoms with Crippen molar-refractivity contribution in [1.82, 2.24) is 4.98 Å². The van der Waals surface area contributed by atoms with E-state index in [0.29, 0.717) is 0 Å². The maximum absolute atomic E-state index is 3.31. The van der Waals surface area contributed by atoms with Gasteiger partial charge in [0.25, 0.3) is 0 Å². The minimum Gasteiger partial charge on any atom is -1.00 e. The number of H-pyrrole nitrogens is 1. The average molecular weight is 401 g/mol. The minimum absolute atomic E-state index is 0. The van der Waals surface area contributed by atoms with Crippen molar-refractivity contribution in [2.75, 3.05) is 0 Å². The zero-order valence-electron chi connectivity index (χ0n) is 11.5. The molecule has 0 spiro atoms. The van der Waals surface area contributed by atoms with Crippen LogP contribution in [0.15, 0.2) is 47.7 Å². The second kappa shape index (κ2) is 11.6. The summed E-state index contributed by atoms with van der Waals surface area (Å²) in [6, 6.07) is 10.1. The number of hydrogen-bond acceptors (Lipinski definition) is 0. The molecule has 1 aromatic carbocycles. The van der Waals surface area contributed by atoms with Crippen molar-refractivity contribution >= 4 is 19.7 Å². The van der Waals surface area contributed by atoms with Crippen LogP contribution in [-0.2, 0) is 26.2 Å². The number of rotatable bonds is 1. The summed E-state index contributed by atoms with van der Waals surface area (Å²) in [6.07, 6.45) is 11.6. The Balaban J connectivity index is 0. The summed E-state index contributed by atoms with van der Waals surface area (Å²) >= 11 is 0. The maximum Gasteiger partial charge on any atom is 4.00 e. The third-order valence-electron chi connectivity index (χ3n) is 2.63. The third-order valence-corrected chi connectivity index (χ3v) is 4.05. The van der Waals surface area contributed by atoms with Crippen molar-refractivity contribution in [3.63, 3.8) is 0 Å². The fourth-order valence-corrected chi connectivity index (χ4v) is 2.58. The summed E-state index contributed by atoms with van der Waals surface area (Å²) in [5, 5.41) is 2.69. The van der Waals surface area contributed by atoms with E-state index in [1.54, 1.807) is 0 Å². The van der Waals surface area contributed by atoms with Crippen LogP contribution in [0.1, 0.15) is 6.42 Å². The molecule has 0 fully saturated rings. The van der Waals surface area contributed by atoms with Gasteiger partial charge in [-0.3, -0.25) is 6.08 Å². The van der Waals surface area contributed by atoms with E-state index in [4.69, 9.17) is 0 Å². The van der Waals surface area contributed by atoms with Crippen LogP contribution in [0.25, 0.3) is 10.9 Å². The van der Waals surface area contributed by atoms with Crippen LogP contribution in [0.4, 0.5) is 0 Å². The van der Waals surface area contributed by atoms with E-state index in [0.717, 1.165) is 11.9 Å². The van der Waals surface area contributed by atoms with E-state index in [2.05, 4.69) is 48.6 Å². The third kappa shape index (κ3) is 6.58. The molecule has 1 radical (unpaired) electrons. The Hall–Kier alpha value is -0.0800. The van der Waals surface area contributed by atoms with Gasteiger partial charge >= 0.3 is 26.2 Å². The number of para-hydroxylation sites is 1. The first kappa shape index (κ1) is 22.2. The molecule has 0 saturated heterocycles. The van der Waals surface area contributed by atoms with Crippen LogP contribution in [0, 0.1) is 12.3 Å². The Morgan fingerprint density at radius 3 is 2.35 bits per heavy atom. The molecule has 0 bridgehead atoms. The van der Waals surface area contributed by atoms with Crippen molar-refractivity contribution in [2.24, 2.45) is 0 Å². The number of halogens is 2. The molecule has 1 N–H and O–H groups in total. The SMILES string of the molecule is C[Si](C)C1=[C-]CC=C1.[Cl-].[Cl-].[Zr+4].[c-]1cc2ccccc2[nH]1. The van der Waals surface area contributed by atoms with Gasteiger partial charge in [-0.05, 0) is 0 Å². The monoisotopic (exact) mass is 398 g/mol. The van der Waals surface area contributed by atoms with Crippen molar-refractivity contribution in [3.8, 4) is 0 Å². The normalized spacial score (nSPS) is 11.7. The molecule has 1 aliphatic carbocycles. The second-order valence-electron chi connectivity index (χ2n) is 4.20. The van der Waals surface area contributed by atoms with Gasteiger partial charge in [0.2, 0.25) is 0 Å². The van der Waals surface area contributed by atoms with E-state index < -0.39 is 0 Å². The summed E-state index contributed by atoms with van der Waals surface area (Å²) in [6.45, 7) is 4.59. The first-order valence-electron chi connectivity index (χ1n) is 5.79. The van der Waals surface area contributed by atoms with Gasteiger partial charge in [0.15, 0.2) is 0 Å². The maximum atomic E-state index is 3.31. The topological polar surface area (TPSA) is 15.8 Å². The number of hydrogen-bond donors (Lipinski definition) is 1. The summed E-state index contributed by atoms with van der Waals surface area (Å²) in [5.41, 5.74) is 1.15. The smallest absolute Gasteiger partial charge is 1.00 e. The number of fused-ring (bicyclic) bond motifs is 1. The molecule has 20 heavy (non-hydrogen) atoms. The number of allylic oxidation sites excluding steroid dienone is 4. The zero-order chi connectivity index (χ0) is 12.1. The van der Waals surface area contributed by atoms with Gasteiger partial charge in [0.1, 0.15) is 0 Å². The van der Waals surface area contributed by atoms with Crippen molar-refractivity contribution in [3.05, 3.63) is 60.0 Å². The molecule has 0 amide bonds. The fourth-order valence-electron chi connectivity index (χ4n) is 1.68. The zero-order valence-corrected chi connectivity index (χ0v) is 16.5. The predicted molar refractivity (Wildman–Crippen MR) is 75.1 cm³/mol. The molecule has 1 heterocycles. The van der Waals surface area contributed by atoms with Gasteiger partial charge in [-0.1, -0.05) is 25.2 Å². The molecule has 1 aromatic heterocycles. The Bertz CT molecular complexity index is 519. The first-order chi connectivity index (χ1) is 8.27. The molecule has 0 aliphatic heterocycles. The Kier molecular flexibility index (Phi) is 12.8. The molecule has 2 aromatic rings. The van der Waals surface area contributed by atoms with E-state index in [1.807, 2.05) is 24.3 Å². The fraction of sp³-hybridized carbons (Fsp3) is 0.200. The summed E-state index contributed by atoms with van der Waals surface area (Å²) < 4.78 is 0. The quantitative estimate of drug-likeness (QED) is 0.419. The van der Waals surface area contributed by atoms with E-state index in [9.17, 15) is 0 Å². The van der Waals surface area contributed by atoms with Crippen LogP contribution < -0.4 is 24.8 Å². The van der Waals surface area contributed by atoms with Gasteiger partial charge in [0, 0.05) is 8.80 Å². The number of aromatic amines is 1. The van der Waals surface area contributed by atoms with Crippen LogP contribution in [-0.4, -0.2) is 13.8 Å². The number of nitrogens with one attached hydrogen (secondary N) is 1. The standard InChI is InChI=1S/C8H6N.C7H10Si.2ClH.Zr/c1-2-4-8-7(3-1)5-6-9-8;1-8(2)7-5-3-4-6-7;;;/h1-5,9H;3,5H,4H2,1-2H3;2*1H;/q2*-1;;;+4/p-2. The second-order valence-corrected chi connectivity index (χ2v) is 6.74. The van der Waals surface area contributed by atoms with Crippen LogP contribution >= 0.6 is 0 Å². The molecule has 0 unspecified atom stereocenters. The van der Waals surface area contributed by atoms with Gasteiger partial charge < -0.3 is 29.8 Å². The Morgan fingerprint density at radius 1 is 1.15 bits per heavy atom. The molecule has 0 saturated carbocycles. The van der Waals surface area contributed by atoms with E-state index in [-0.39, 0.29) is 59.8 Å². The van der Waals surface area contributed by atoms with E-state index >= 15 is 0 Å². The molecule has 1 aliphatic rings. The Labute approximate surface area is 154 Å². The van der Waals surface area contributed by atoms with Gasteiger partial charge in [0.05, 0.1) is 0 Å². The summed E-state index contributed by atoms with van der Waals surface area (Å²) in [7, 11) is -0.194. The van der Waals surface area contributed by atoms with Gasteiger partial charge in [-0.25, -0.2) is 11.3 Å².